The Morgan fingerprint density at radius 3 is 2.47 bits per heavy atom. The summed E-state index contributed by atoms with van der Waals surface area (Å²) in [5.41, 5.74) is 0.954. The van der Waals surface area contributed by atoms with Gasteiger partial charge in [0.15, 0.2) is 11.6 Å². The number of ketones is 2. The Kier molecular flexibility index (Phi) is 2.52. The van der Waals surface area contributed by atoms with Gasteiger partial charge >= 0.3 is 0 Å². The maximum atomic E-state index is 11.5. The van der Waals surface area contributed by atoms with E-state index in [-0.39, 0.29) is 11.6 Å². The normalized spacial score (nSPS) is 15.4. The second kappa shape index (κ2) is 3.83. The van der Waals surface area contributed by atoms with E-state index < -0.39 is 0 Å². The minimum atomic E-state index is -0.192. The molecule has 2 nitrogen and oxygen atoms in total. The number of rotatable bonds is 1. The van der Waals surface area contributed by atoms with Crippen LogP contribution in [0.4, 0.5) is 0 Å². The molecule has 15 heavy (non-hydrogen) atoms. The van der Waals surface area contributed by atoms with Gasteiger partial charge in [-0.3, -0.25) is 9.59 Å². The van der Waals surface area contributed by atoms with Gasteiger partial charge in [0.2, 0.25) is 0 Å². The fourth-order valence-corrected chi connectivity index (χ4v) is 1.64. The van der Waals surface area contributed by atoms with Crippen molar-refractivity contribution in [2.45, 2.75) is 0 Å². The van der Waals surface area contributed by atoms with Crippen molar-refractivity contribution in [3.8, 4) is 0 Å². The summed E-state index contributed by atoms with van der Waals surface area (Å²) in [7, 11) is 0. The predicted molar refractivity (Wildman–Crippen MR) is 58.6 cm³/mol. The average Bonchev–Trinajstić information content (AvgIpc) is 2.23. The van der Waals surface area contributed by atoms with Gasteiger partial charge in [-0.1, -0.05) is 29.8 Å². The first-order chi connectivity index (χ1) is 7.18. The number of carbonyl (C=O) groups is 2. The molecule has 0 fully saturated rings. The van der Waals surface area contributed by atoms with Crippen LogP contribution in [0.1, 0.15) is 5.56 Å². The second-order valence-corrected chi connectivity index (χ2v) is 3.55. The molecule has 0 radical (unpaired) electrons. The zero-order valence-electron chi connectivity index (χ0n) is 7.74. The molecule has 0 heterocycles. The van der Waals surface area contributed by atoms with E-state index in [0.29, 0.717) is 16.2 Å². The third-order valence-electron chi connectivity index (χ3n) is 2.12. The molecule has 3 heteroatoms. The van der Waals surface area contributed by atoms with Gasteiger partial charge in [-0.05, 0) is 24.3 Å². The van der Waals surface area contributed by atoms with Crippen molar-refractivity contribution < 1.29 is 9.59 Å². The summed E-state index contributed by atoms with van der Waals surface area (Å²) in [6, 6.07) is 6.96. The number of hydrogen-bond donors (Lipinski definition) is 0. The Morgan fingerprint density at radius 1 is 1.00 bits per heavy atom. The zero-order valence-corrected chi connectivity index (χ0v) is 8.49. The first-order valence-electron chi connectivity index (χ1n) is 4.41. The Labute approximate surface area is 91.9 Å². The SMILES string of the molecule is O=C1C=CC(=O)C(c2ccccc2Cl)=C1. The molecular formula is C12H7ClO2. The van der Waals surface area contributed by atoms with Crippen molar-refractivity contribution in [3.05, 3.63) is 53.1 Å². The summed E-state index contributed by atoms with van der Waals surface area (Å²) < 4.78 is 0. The van der Waals surface area contributed by atoms with Crippen molar-refractivity contribution in [1.82, 2.24) is 0 Å². The second-order valence-electron chi connectivity index (χ2n) is 3.14. The lowest BCUT2D eigenvalue weighted by Gasteiger charge is -2.08. The fraction of sp³-hybridized carbons (Fsp3) is 0. The van der Waals surface area contributed by atoms with Crippen LogP contribution in [0.2, 0.25) is 5.02 Å². The van der Waals surface area contributed by atoms with E-state index in [1.165, 1.54) is 18.2 Å². The van der Waals surface area contributed by atoms with Crippen molar-refractivity contribution in [1.29, 1.82) is 0 Å². The van der Waals surface area contributed by atoms with Crippen LogP contribution in [0.5, 0.6) is 0 Å². The summed E-state index contributed by atoms with van der Waals surface area (Å²) in [4.78, 5) is 22.7. The quantitative estimate of drug-likeness (QED) is 0.679. The van der Waals surface area contributed by atoms with Crippen LogP contribution in [0, 0.1) is 0 Å². The van der Waals surface area contributed by atoms with E-state index >= 15 is 0 Å². The van der Waals surface area contributed by atoms with E-state index in [1.807, 2.05) is 0 Å². The summed E-state index contributed by atoms with van der Waals surface area (Å²) in [5, 5.41) is 0.472. The number of benzene rings is 1. The zero-order chi connectivity index (χ0) is 10.8. The van der Waals surface area contributed by atoms with Crippen LogP contribution in [-0.4, -0.2) is 11.6 Å². The molecule has 0 aromatic heterocycles. The van der Waals surface area contributed by atoms with E-state index in [4.69, 9.17) is 11.6 Å². The first-order valence-corrected chi connectivity index (χ1v) is 4.79. The number of halogens is 1. The van der Waals surface area contributed by atoms with Gasteiger partial charge in [0, 0.05) is 16.2 Å². The molecule has 0 unspecified atom stereocenters. The third kappa shape index (κ3) is 1.90. The number of hydrogen-bond acceptors (Lipinski definition) is 2. The van der Waals surface area contributed by atoms with Gasteiger partial charge in [0.25, 0.3) is 0 Å². The van der Waals surface area contributed by atoms with Gasteiger partial charge < -0.3 is 0 Å². The molecular weight excluding hydrogens is 212 g/mol. The predicted octanol–water partition coefficient (Wildman–Crippen LogP) is 2.43. The van der Waals surface area contributed by atoms with Gasteiger partial charge in [0.05, 0.1) is 0 Å². The molecule has 0 saturated heterocycles. The lowest BCUT2D eigenvalue weighted by atomic mass is 9.96. The Morgan fingerprint density at radius 2 is 1.73 bits per heavy atom. The molecule has 1 aromatic carbocycles. The maximum Gasteiger partial charge on any atom is 0.186 e. The highest BCUT2D eigenvalue weighted by Gasteiger charge is 2.16. The van der Waals surface area contributed by atoms with Crippen molar-refractivity contribution in [2.24, 2.45) is 0 Å². The highest BCUT2D eigenvalue weighted by Crippen LogP contribution is 2.26. The molecule has 0 saturated carbocycles. The van der Waals surface area contributed by atoms with Crippen LogP contribution >= 0.6 is 11.6 Å². The standard InChI is InChI=1S/C12H7ClO2/c13-11-4-2-1-3-9(11)10-7-8(14)5-6-12(10)15/h1-7H. The van der Waals surface area contributed by atoms with E-state index in [1.54, 1.807) is 24.3 Å². The number of allylic oxidation sites excluding steroid dienone is 4. The Balaban J connectivity index is 2.52. The molecule has 1 aromatic rings. The molecule has 0 bridgehead atoms. The highest BCUT2D eigenvalue weighted by atomic mass is 35.5. The third-order valence-corrected chi connectivity index (χ3v) is 2.44. The molecule has 0 aliphatic heterocycles. The fourth-order valence-electron chi connectivity index (χ4n) is 1.40. The van der Waals surface area contributed by atoms with Gasteiger partial charge in [0.1, 0.15) is 0 Å². The Hall–Kier alpha value is -1.67. The van der Waals surface area contributed by atoms with Crippen LogP contribution in [0.3, 0.4) is 0 Å². The minimum Gasteiger partial charge on any atom is -0.290 e. The van der Waals surface area contributed by atoms with Crippen molar-refractivity contribution in [2.75, 3.05) is 0 Å². The average molecular weight is 219 g/mol. The molecule has 1 aliphatic rings. The van der Waals surface area contributed by atoms with Gasteiger partial charge in [-0.15, -0.1) is 0 Å². The van der Waals surface area contributed by atoms with E-state index in [0.717, 1.165) is 0 Å². The molecule has 0 N–H and O–H groups in total. The molecule has 0 amide bonds. The summed E-state index contributed by atoms with van der Waals surface area (Å²) in [6.07, 6.45) is 3.83. The van der Waals surface area contributed by atoms with Crippen LogP contribution < -0.4 is 0 Å². The lowest BCUT2D eigenvalue weighted by molar-refractivity contribution is -0.113. The molecule has 0 spiro atoms. The van der Waals surface area contributed by atoms with Crippen molar-refractivity contribution in [3.63, 3.8) is 0 Å². The summed E-state index contributed by atoms with van der Waals surface area (Å²) >= 11 is 5.94. The highest BCUT2D eigenvalue weighted by molar-refractivity contribution is 6.39. The van der Waals surface area contributed by atoms with E-state index in [9.17, 15) is 9.59 Å². The molecule has 74 valence electrons. The van der Waals surface area contributed by atoms with Crippen molar-refractivity contribution >= 4 is 28.7 Å². The van der Waals surface area contributed by atoms with Gasteiger partial charge in [-0.2, -0.15) is 0 Å². The number of carbonyl (C=O) groups excluding carboxylic acids is 2. The Bertz CT molecular complexity index is 498. The minimum absolute atomic E-state index is 0.190. The van der Waals surface area contributed by atoms with Gasteiger partial charge in [-0.25, -0.2) is 0 Å². The monoisotopic (exact) mass is 218 g/mol. The largest absolute Gasteiger partial charge is 0.290 e. The topological polar surface area (TPSA) is 34.1 Å². The maximum absolute atomic E-state index is 11.5. The smallest absolute Gasteiger partial charge is 0.186 e. The molecule has 1 aliphatic carbocycles. The van der Waals surface area contributed by atoms with Crippen LogP contribution in [0.15, 0.2) is 42.5 Å². The van der Waals surface area contributed by atoms with Crippen LogP contribution in [-0.2, 0) is 9.59 Å². The molecule has 2 rings (SSSR count). The summed E-state index contributed by atoms with van der Waals surface area (Å²) in [5.74, 6) is -0.382. The van der Waals surface area contributed by atoms with E-state index in [2.05, 4.69) is 0 Å². The summed E-state index contributed by atoms with van der Waals surface area (Å²) in [6.45, 7) is 0. The first kappa shape index (κ1) is 9.87. The van der Waals surface area contributed by atoms with Crippen LogP contribution in [0.25, 0.3) is 5.57 Å². The molecule has 0 atom stereocenters. The lowest BCUT2D eigenvalue weighted by Crippen LogP contribution is -2.06.